The molecule has 2 N–H and O–H groups in total. The second-order valence-electron chi connectivity index (χ2n) is 8.88. The smallest absolute Gasteiger partial charge is 0.340 e. The summed E-state index contributed by atoms with van der Waals surface area (Å²) in [5, 5.41) is 0. The van der Waals surface area contributed by atoms with Crippen molar-refractivity contribution in [2.24, 2.45) is 5.73 Å². The van der Waals surface area contributed by atoms with Crippen molar-refractivity contribution in [1.29, 1.82) is 0 Å². The molecule has 2 aromatic carbocycles. The van der Waals surface area contributed by atoms with E-state index in [0.717, 1.165) is 5.56 Å². The molecule has 0 aliphatic carbocycles. The lowest BCUT2D eigenvalue weighted by Crippen LogP contribution is -2.35. The van der Waals surface area contributed by atoms with Crippen LogP contribution in [0.1, 0.15) is 28.3 Å². The number of carbonyl (C=O) groups excluding carboxylic acids is 1. The van der Waals surface area contributed by atoms with Gasteiger partial charge in [0.05, 0.1) is 47.0 Å². The van der Waals surface area contributed by atoms with Crippen LogP contribution in [0, 0.1) is 6.92 Å². The molecule has 4 rings (SSSR count). The van der Waals surface area contributed by atoms with Crippen molar-refractivity contribution >= 4 is 5.97 Å². The van der Waals surface area contributed by atoms with Crippen molar-refractivity contribution < 1.29 is 33.2 Å². The Balaban J connectivity index is 1.83. The van der Waals surface area contributed by atoms with Gasteiger partial charge in [-0.3, -0.25) is 4.79 Å². The fourth-order valence-electron chi connectivity index (χ4n) is 4.82. The van der Waals surface area contributed by atoms with Gasteiger partial charge in [0.2, 0.25) is 5.88 Å². The molecule has 10 heteroatoms. The standard InChI is InChI=1S/C29H32N2O8/c1-16-13-23-25(28(32)31(16)12-11-17-7-9-19(34-2)21(14-17)36-4)24(26(27(30)39-23)29(33)38-6)18-8-10-20(35-3)22(15-18)37-5/h7-10,13-15,24H,11-12,30H2,1-6H3/t24-/m0/s1. The minimum absolute atomic E-state index is 0.0320. The zero-order chi connectivity index (χ0) is 28.3. The first-order valence-electron chi connectivity index (χ1n) is 12.2. The Kier molecular flexibility index (Phi) is 8.04. The lowest BCUT2D eigenvalue weighted by Gasteiger charge is -2.29. The van der Waals surface area contributed by atoms with Gasteiger partial charge in [-0.25, -0.2) is 4.79 Å². The number of hydrogen-bond donors (Lipinski definition) is 1. The number of aromatic nitrogens is 1. The summed E-state index contributed by atoms with van der Waals surface area (Å²) in [5.41, 5.74) is 8.45. The Bertz CT molecular complexity index is 1490. The van der Waals surface area contributed by atoms with Gasteiger partial charge in [0.25, 0.3) is 5.56 Å². The first-order chi connectivity index (χ1) is 18.8. The van der Waals surface area contributed by atoms with Crippen LogP contribution in [0.5, 0.6) is 28.7 Å². The molecule has 1 aliphatic rings. The van der Waals surface area contributed by atoms with Crippen molar-refractivity contribution in [2.45, 2.75) is 25.8 Å². The van der Waals surface area contributed by atoms with Crippen LogP contribution in [0.4, 0.5) is 0 Å². The minimum atomic E-state index is -0.860. The van der Waals surface area contributed by atoms with Crippen LogP contribution in [-0.2, 0) is 22.5 Å². The highest BCUT2D eigenvalue weighted by molar-refractivity contribution is 5.92. The fraction of sp³-hybridized carbons (Fsp3) is 0.310. The van der Waals surface area contributed by atoms with Crippen LogP contribution >= 0.6 is 0 Å². The molecule has 39 heavy (non-hydrogen) atoms. The van der Waals surface area contributed by atoms with Crippen LogP contribution in [0.2, 0.25) is 0 Å². The molecule has 1 aliphatic heterocycles. The van der Waals surface area contributed by atoms with Crippen LogP contribution in [0.15, 0.2) is 58.7 Å². The van der Waals surface area contributed by atoms with Crippen molar-refractivity contribution in [3.05, 3.63) is 86.7 Å². The highest BCUT2D eigenvalue weighted by atomic mass is 16.5. The average molecular weight is 537 g/mol. The highest BCUT2D eigenvalue weighted by Crippen LogP contribution is 2.43. The molecule has 0 radical (unpaired) electrons. The van der Waals surface area contributed by atoms with E-state index in [1.807, 2.05) is 25.1 Å². The SMILES string of the molecule is COC(=O)C1=C(N)Oc2cc(C)n(CCc3ccc(OC)c(OC)c3)c(=O)c2[C@@H]1c1ccc(OC)c(OC)c1. The Morgan fingerprint density at radius 3 is 2.13 bits per heavy atom. The molecule has 206 valence electrons. The lowest BCUT2D eigenvalue weighted by molar-refractivity contribution is -0.136. The largest absolute Gasteiger partial charge is 0.493 e. The molecule has 0 spiro atoms. The summed E-state index contributed by atoms with van der Waals surface area (Å²) in [5.74, 6) is 0.762. The van der Waals surface area contributed by atoms with Gasteiger partial charge >= 0.3 is 5.97 Å². The lowest BCUT2D eigenvalue weighted by atomic mass is 9.83. The number of nitrogens with two attached hydrogens (primary N) is 1. The van der Waals surface area contributed by atoms with E-state index in [0.29, 0.717) is 47.2 Å². The van der Waals surface area contributed by atoms with Gasteiger partial charge in [-0.15, -0.1) is 0 Å². The Hall–Kier alpha value is -4.60. The maximum absolute atomic E-state index is 14.1. The van der Waals surface area contributed by atoms with Gasteiger partial charge in [0, 0.05) is 18.3 Å². The van der Waals surface area contributed by atoms with Crippen molar-refractivity contribution in [1.82, 2.24) is 4.57 Å². The summed E-state index contributed by atoms with van der Waals surface area (Å²) < 4.78 is 34.1. The number of ether oxygens (including phenoxy) is 6. The normalized spacial score (nSPS) is 14.3. The van der Waals surface area contributed by atoms with Gasteiger partial charge in [0.15, 0.2) is 23.0 Å². The van der Waals surface area contributed by atoms with Crippen LogP contribution in [0.3, 0.4) is 0 Å². The van der Waals surface area contributed by atoms with Crippen molar-refractivity contribution in [2.75, 3.05) is 35.5 Å². The van der Waals surface area contributed by atoms with Crippen molar-refractivity contribution in [3.63, 3.8) is 0 Å². The quantitative estimate of drug-likeness (QED) is 0.411. The van der Waals surface area contributed by atoms with E-state index in [4.69, 9.17) is 34.2 Å². The summed E-state index contributed by atoms with van der Waals surface area (Å²) in [7, 11) is 7.44. The van der Waals surface area contributed by atoms with Crippen LogP contribution in [-0.4, -0.2) is 46.1 Å². The first-order valence-corrected chi connectivity index (χ1v) is 12.2. The molecule has 0 fully saturated rings. The monoisotopic (exact) mass is 536 g/mol. The zero-order valence-corrected chi connectivity index (χ0v) is 22.8. The van der Waals surface area contributed by atoms with E-state index in [9.17, 15) is 9.59 Å². The molecule has 0 amide bonds. The molecule has 1 aromatic heterocycles. The van der Waals surface area contributed by atoms with Gasteiger partial charge in [-0.2, -0.15) is 0 Å². The highest BCUT2D eigenvalue weighted by Gasteiger charge is 2.38. The second-order valence-corrected chi connectivity index (χ2v) is 8.88. The number of hydrogen-bond acceptors (Lipinski definition) is 9. The van der Waals surface area contributed by atoms with Gasteiger partial charge < -0.3 is 38.7 Å². The third-order valence-electron chi connectivity index (χ3n) is 6.79. The van der Waals surface area contributed by atoms with Gasteiger partial charge in [-0.1, -0.05) is 12.1 Å². The molecule has 10 nitrogen and oxygen atoms in total. The maximum Gasteiger partial charge on any atom is 0.340 e. The number of fused-ring (bicyclic) bond motifs is 1. The Morgan fingerprint density at radius 1 is 0.897 bits per heavy atom. The fourth-order valence-corrected chi connectivity index (χ4v) is 4.82. The summed E-state index contributed by atoms with van der Waals surface area (Å²) in [6.07, 6.45) is 0.545. The van der Waals surface area contributed by atoms with E-state index < -0.39 is 11.9 Å². The van der Waals surface area contributed by atoms with Crippen LogP contribution < -0.4 is 35.0 Å². The number of methoxy groups -OCH3 is 5. The Labute approximate surface area is 226 Å². The molecule has 3 aromatic rings. The van der Waals surface area contributed by atoms with E-state index in [1.54, 1.807) is 43.1 Å². The summed E-state index contributed by atoms with van der Waals surface area (Å²) in [6.45, 7) is 2.19. The minimum Gasteiger partial charge on any atom is -0.493 e. The van der Waals surface area contributed by atoms with E-state index in [2.05, 4.69) is 0 Å². The second kappa shape index (κ2) is 11.4. The average Bonchev–Trinajstić information content (AvgIpc) is 2.95. The predicted octanol–water partition coefficient (Wildman–Crippen LogP) is 3.30. The molecule has 1 atom stereocenters. The van der Waals surface area contributed by atoms with E-state index in [-0.39, 0.29) is 28.3 Å². The summed E-state index contributed by atoms with van der Waals surface area (Å²) >= 11 is 0. The number of rotatable bonds is 9. The number of pyridine rings is 1. The third-order valence-corrected chi connectivity index (χ3v) is 6.79. The van der Waals surface area contributed by atoms with E-state index >= 15 is 0 Å². The first kappa shape index (κ1) is 27.4. The Morgan fingerprint density at radius 2 is 1.51 bits per heavy atom. The maximum atomic E-state index is 14.1. The van der Waals surface area contributed by atoms with Gasteiger partial charge in [0.1, 0.15) is 11.3 Å². The topological polar surface area (TPSA) is 120 Å². The molecule has 0 saturated carbocycles. The number of carbonyl (C=O) groups is 1. The molecule has 0 saturated heterocycles. The number of nitrogens with zero attached hydrogens (tertiary/aromatic N) is 1. The summed E-state index contributed by atoms with van der Waals surface area (Å²) in [4.78, 5) is 27.0. The van der Waals surface area contributed by atoms with Crippen LogP contribution in [0.25, 0.3) is 0 Å². The summed E-state index contributed by atoms with van der Waals surface area (Å²) in [6, 6.07) is 12.6. The van der Waals surface area contributed by atoms with E-state index in [1.165, 1.54) is 21.3 Å². The molecule has 2 heterocycles. The van der Waals surface area contributed by atoms with Gasteiger partial charge in [-0.05, 0) is 48.7 Å². The predicted molar refractivity (Wildman–Crippen MR) is 144 cm³/mol. The number of aryl methyl sites for hydroxylation is 2. The zero-order valence-electron chi connectivity index (χ0n) is 22.8. The molecular formula is C29H32N2O8. The number of esters is 1. The number of benzene rings is 2. The molecule has 0 unspecified atom stereocenters. The molecule has 0 bridgehead atoms. The molecular weight excluding hydrogens is 504 g/mol. The van der Waals surface area contributed by atoms with Crippen molar-refractivity contribution in [3.8, 4) is 28.7 Å². The third kappa shape index (κ3) is 5.09.